The van der Waals surface area contributed by atoms with E-state index in [4.69, 9.17) is 5.11 Å². The first kappa shape index (κ1) is 15.8. The molecule has 1 unspecified atom stereocenters. The molecule has 0 radical (unpaired) electrons. The smallest absolute Gasteiger partial charge is 0.326 e. The van der Waals surface area contributed by atoms with Gasteiger partial charge >= 0.3 is 5.97 Å². The zero-order valence-corrected chi connectivity index (χ0v) is 13.0. The third kappa shape index (κ3) is 4.73. The standard InChI is InChI=1S/C13H20N4O3S/c1-8(2)5-10(12(19)20)15-11(18)6-21-13-16-14-7-17(13)9-3-4-9/h7-10H,3-6H2,1-2H3,(H,15,18)(H,19,20). The third-order valence-corrected chi connectivity index (χ3v) is 4.11. The van der Waals surface area contributed by atoms with Crippen molar-refractivity contribution in [1.82, 2.24) is 20.1 Å². The van der Waals surface area contributed by atoms with E-state index in [2.05, 4.69) is 15.5 Å². The molecule has 1 aromatic heterocycles. The van der Waals surface area contributed by atoms with Crippen LogP contribution in [0.1, 0.15) is 39.2 Å². The van der Waals surface area contributed by atoms with Crippen LogP contribution in [-0.2, 0) is 9.59 Å². The Kier molecular flexibility index (Phi) is 5.22. The van der Waals surface area contributed by atoms with Crippen LogP contribution in [0.15, 0.2) is 11.5 Å². The van der Waals surface area contributed by atoms with Crippen molar-refractivity contribution in [3.05, 3.63) is 6.33 Å². The van der Waals surface area contributed by atoms with Crippen LogP contribution in [0.2, 0.25) is 0 Å². The van der Waals surface area contributed by atoms with Crippen LogP contribution < -0.4 is 5.32 Å². The highest BCUT2D eigenvalue weighted by Crippen LogP contribution is 2.37. The van der Waals surface area contributed by atoms with Gasteiger partial charge in [-0.15, -0.1) is 10.2 Å². The lowest BCUT2D eigenvalue weighted by Crippen LogP contribution is -2.42. The first-order valence-corrected chi connectivity index (χ1v) is 8.00. The number of carboxylic acids is 1. The van der Waals surface area contributed by atoms with E-state index in [0.29, 0.717) is 17.6 Å². The Labute approximate surface area is 127 Å². The number of rotatable bonds is 8. The molecule has 0 aromatic carbocycles. The van der Waals surface area contributed by atoms with E-state index >= 15 is 0 Å². The van der Waals surface area contributed by atoms with Crippen LogP contribution in [0.25, 0.3) is 0 Å². The highest BCUT2D eigenvalue weighted by atomic mass is 32.2. The van der Waals surface area contributed by atoms with E-state index in [-0.39, 0.29) is 17.6 Å². The molecule has 1 saturated carbocycles. The van der Waals surface area contributed by atoms with Gasteiger partial charge in [0.25, 0.3) is 0 Å². The summed E-state index contributed by atoms with van der Waals surface area (Å²) in [7, 11) is 0. The Morgan fingerprint density at radius 1 is 1.52 bits per heavy atom. The average molecular weight is 312 g/mol. The van der Waals surface area contributed by atoms with Gasteiger partial charge in [0.15, 0.2) is 5.16 Å². The van der Waals surface area contributed by atoms with Gasteiger partial charge in [0.2, 0.25) is 5.91 Å². The lowest BCUT2D eigenvalue weighted by atomic mass is 10.0. The van der Waals surface area contributed by atoms with Gasteiger partial charge < -0.3 is 15.0 Å². The summed E-state index contributed by atoms with van der Waals surface area (Å²) < 4.78 is 1.97. The maximum atomic E-state index is 11.9. The van der Waals surface area contributed by atoms with E-state index in [1.807, 2.05) is 18.4 Å². The van der Waals surface area contributed by atoms with Crippen LogP contribution >= 0.6 is 11.8 Å². The Morgan fingerprint density at radius 2 is 2.24 bits per heavy atom. The molecule has 1 fully saturated rings. The zero-order chi connectivity index (χ0) is 15.4. The fraction of sp³-hybridized carbons (Fsp3) is 0.692. The minimum absolute atomic E-state index is 0.146. The summed E-state index contributed by atoms with van der Waals surface area (Å²) >= 11 is 1.29. The molecule has 21 heavy (non-hydrogen) atoms. The molecule has 1 heterocycles. The number of thioether (sulfide) groups is 1. The molecule has 0 bridgehead atoms. The van der Waals surface area contributed by atoms with Crippen LogP contribution in [0.4, 0.5) is 0 Å². The van der Waals surface area contributed by atoms with E-state index in [9.17, 15) is 9.59 Å². The molecule has 116 valence electrons. The fourth-order valence-corrected chi connectivity index (χ4v) is 2.79. The molecule has 1 aliphatic carbocycles. The molecule has 0 saturated heterocycles. The van der Waals surface area contributed by atoms with E-state index in [1.54, 1.807) is 6.33 Å². The monoisotopic (exact) mass is 312 g/mol. The maximum absolute atomic E-state index is 11.9. The maximum Gasteiger partial charge on any atom is 0.326 e. The summed E-state index contributed by atoms with van der Waals surface area (Å²) in [6, 6.07) is -0.377. The Morgan fingerprint density at radius 3 is 2.81 bits per heavy atom. The summed E-state index contributed by atoms with van der Waals surface area (Å²) in [4.78, 5) is 23.0. The second-order valence-corrected chi connectivity index (χ2v) is 6.57. The van der Waals surface area contributed by atoms with E-state index in [0.717, 1.165) is 12.8 Å². The van der Waals surface area contributed by atoms with Crippen molar-refractivity contribution in [3.8, 4) is 0 Å². The van der Waals surface area contributed by atoms with E-state index < -0.39 is 12.0 Å². The minimum atomic E-state index is -0.997. The number of aromatic nitrogens is 3. The van der Waals surface area contributed by atoms with Gasteiger partial charge in [0, 0.05) is 6.04 Å². The van der Waals surface area contributed by atoms with Crippen molar-refractivity contribution < 1.29 is 14.7 Å². The molecule has 0 aliphatic heterocycles. The predicted molar refractivity (Wildman–Crippen MR) is 78.0 cm³/mol. The molecule has 0 spiro atoms. The topological polar surface area (TPSA) is 97.1 Å². The molecule has 1 atom stereocenters. The van der Waals surface area contributed by atoms with Crippen LogP contribution in [-0.4, -0.2) is 43.5 Å². The Bertz CT molecular complexity index is 513. The molecule has 1 aromatic rings. The second kappa shape index (κ2) is 6.93. The van der Waals surface area contributed by atoms with Crippen molar-refractivity contribution in [2.24, 2.45) is 5.92 Å². The summed E-state index contributed by atoms with van der Waals surface area (Å²) in [6.07, 6.45) is 4.33. The average Bonchev–Trinajstić information content (AvgIpc) is 3.14. The number of nitrogens with one attached hydrogen (secondary N) is 1. The van der Waals surface area contributed by atoms with Crippen LogP contribution in [0, 0.1) is 5.92 Å². The van der Waals surface area contributed by atoms with Crippen LogP contribution in [0.3, 0.4) is 0 Å². The van der Waals surface area contributed by atoms with E-state index in [1.165, 1.54) is 11.8 Å². The van der Waals surface area contributed by atoms with Crippen molar-refractivity contribution in [2.45, 2.75) is 50.4 Å². The largest absolute Gasteiger partial charge is 0.480 e. The lowest BCUT2D eigenvalue weighted by Gasteiger charge is -2.16. The first-order valence-electron chi connectivity index (χ1n) is 7.02. The molecule has 2 N–H and O–H groups in total. The number of carbonyl (C=O) groups excluding carboxylic acids is 1. The molecular weight excluding hydrogens is 292 g/mol. The summed E-state index contributed by atoms with van der Waals surface area (Å²) in [6.45, 7) is 3.85. The van der Waals surface area contributed by atoms with Crippen molar-refractivity contribution in [3.63, 3.8) is 0 Å². The van der Waals surface area contributed by atoms with Gasteiger partial charge in [-0.3, -0.25) is 4.79 Å². The highest BCUT2D eigenvalue weighted by Gasteiger charge is 2.27. The number of amides is 1. The normalized spacial score (nSPS) is 16.0. The number of hydrogen-bond acceptors (Lipinski definition) is 5. The number of carboxylic acid groups (broad SMARTS) is 1. The molecular formula is C13H20N4O3S. The van der Waals surface area contributed by atoms with Crippen molar-refractivity contribution >= 4 is 23.6 Å². The molecule has 1 aliphatic rings. The van der Waals surface area contributed by atoms with Crippen LogP contribution in [0.5, 0.6) is 0 Å². The van der Waals surface area contributed by atoms with Gasteiger partial charge in [-0.25, -0.2) is 4.79 Å². The van der Waals surface area contributed by atoms with Crippen molar-refractivity contribution in [2.75, 3.05) is 5.75 Å². The Hall–Kier alpha value is -1.57. The minimum Gasteiger partial charge on any atom is -0.480 e. The summed E-state index contributed by atoms with van der Waals surface area (Å²) in [5.41, 5.74) is 0. The molecule has 1 amide bonds. The summed E-state index contributed by atoms with van der Waals surface area (Å²) in [5.74, 6) is -0.938. The van der Waals surface area contributed by atoms with Gasteiger partial charge in [-0.05, 0) is 25.2 Å². The van der Waals surface area contributed by atoms with Gasteiger partial charge in [0.1, 0.15) is 12.4 Å². The SMILES string of the molecule is CC(C)CC(NC(=O)CSc1nncn1C1CC1)C(=O)O. The van der Waals surface area contributed by atoms with Gasteiger partial charge in [-0.2, -0.15) is 0 Å². The zero-order valence-electron chi connectivity index (χ0n) is 12.2. The number of aliphatic carboxylic acids is 1. The fourth-order valence-electron chi connectivity index (χ4n) is 2.00. The molecule has 2 rings (SSSR count). The number of hydrogen-bond donors (Lipinski definition) is 2. The quantitative estimate of drug-likeness (QED) is 0.703. The summed E-state index contributed by atoms with van der Waals surface area (Å²) in [5, 5.41) is 20.2. The van der Waals surface area contributed by atoms with Gasteiger partial charge in [0.05, 0.1) is 5.75 Å². The number of nitrogens with zero attached hydrogens (tertiary/aromatic N) is 3. The predicted octanol–water partition coefficient (Wildman–Crippen LogP) is 1.32. The first-order chi connectivity index (χ1) is 9.97. The second-order valence-electron chi connectivity index (χ2n) is 5.63. The molecule has 8 heteroatoms. The Balaban J connectivity index is 1.83. The van der Waals surface area contributed by atoms with Gasteiger partial charge in [-0.1, -0.05) is 25.6 Å². The van der Waals surface area contributed by atoms with Crippen molar-refractivity contribution in [1.29, 1.82) is 0 Å². The number of carbonyl (C=O) groups is 2. The third-order valence-electron chi connectivity index (χ3n) is 3.15. The lowest BCUT2D eigenvalue weighted by molar-refractivity contribution is -0.141. The highest BCUT2D eigenvalue weighted by molar-refractivity contribution is 7.99. The molecule has 7 nitrogen and oxygen atoms in total.